The summed E-state index contributed by atoms with van der Waals surface area (Å²) >= 11 is 0. The van der Waals surface area contributed by atoms with E-state index >= 15 is 0 Å². The lowest BCUT2D eigenvalue weighted by Crippen LogP contribution is -2.46. The van der Waals surface area contributed by atoms with Crippen LogP contribution >= 0.6 is 0 Å². The van der Waals surface area contributed by atoms with Crippen LogP contribution in [-0.2, 0) is 47.9 Å². The summed E-state index contributed by atoms with van der Waals surface area (Å²) in [4.78, 5) is 118. The summed E-state index contributed by atoms with van der Waals surface area (Å²) in [6, 6.07) is 0. The molecule has 0 unspecified atom stereocenters. The van der Waals surface area contributed by atoms with E-state index in [2.05, 4.69) is 17.7 Å². The third kappa shape index (κ3) is 33.5. The zero-order valence-corrected chi connectivity index (χ0v) is 31.5. The van der Waals surface area contributed by atoms with Gasteiger partial charge in [-0.15, -0.1) is 0 Å². The molecule has 0 fully saturated rings. The third-order valence-electron chi connectivity index (χ3n) is 7.29. The minimum absolute atomic E-state index is 0.000836. The third-order valence-corrected chi connectivity index (χ3v) is 7.29. The molecule has 1 radical (unpaired) electrons. The minimum atomic E-state index is -1.24. The number of likely N-dealkylation sites (N-methyl/N-ethyl adjacent to an activating group) is 1. The molecule has 0 saturated carbocycles. The molecule has 0 bridgehead atoms. The largest absolute Gasteiger partial charge is 0.481 e. The van der Waals surface area contributed by atoms with Gasteiger partial charge in [-0.05, 0) is 0 Å². The lowest BCUT2D eigenvalue weighted by atomic mass is 10.3. The molecule has 0 atom stereocenters. The van der Waals surface area contributed by atoms with Crippen LogP contribution in [0.4, 0.5) is 0 Å². The molecule has 0 heterocycles. The number of hydrogen-bond donors (Lipinski definition) is 10. The summed E-state index contributed by atoms with van der Waals surface area (Å²) in [5, 5.41) is 75.7. The Labute approximate surface area is 326 Å². The maximum absolute atomic E-state index is 11.6. The van der Waals surface area contributed by atoms with Crippen LogP contribution in [0.3, 0.4) is 0 Å². The topological polar surface area (TPSA) is 376 Å². The van der Waals surface area contributed by atoms with Crippen molar-refractivity contribution in [3.8, 4) is 0 Å². The highest BCUT2D eigenvalue weighted by Gasteiger charge is 2.21. The lowest BCUT2D eigenvalue weighted by Gasteiger charge is -2.28. The Balaban J connectivity index is 0. The van der Waals surface area contributed by atoms with Crippen molar-refractivity contribution in [3.63, 3.8) is 0 Å². The van der Waals surface area contributed by atoms with Gasteiger partial charge in [0.25, 0.3) is 0 Å². The number of carboxylic acid groups (broad SMARTS) is 8. The van der Waals surface area contributed by atoms with Crippen LogP contribution in [0.5, 0.6) is 0 Å². The molecule has 10 N–H and O–H groups in total. The van der Waals surface area contributed by atoms with E-state index in [0.717, 1.165) is 9.80 Å². The summed E-state index contributed by atoms with van der Waals surface area (Å²) < 4.78 is 0. The monoisotopic (exact) mass is 825 g/mol. The number of nitrogens with one attached hydrogen (secondary N) is 2. The Morgan fingerprint density at radius 1 is 0.351 bits per heavy atom. The molecule has 57 heavy (non-hydrogen) atoms. The summed E-state index contributed by atoms with van der Waals surface area (Å²) in [5.41, 5.74) is 0. The maximum atomic E-state index is 11.6. The minimum Gasteiger partial charge on any atom is -0.481 e. The van der Waals surface area contributed by atoms with E-state index in [-0.39, 0.29) is 90.9 Å². The number of rotatable bonds is 33. The van der Waals surface area contributed by atoms with Crippen LogP contribution in [-0.4, -0.2) is 255 Å². The van der Waals surface area contributed by atoms with Gasteiger partial charge < -0.3 is 51.5 Å². The summed E-state index contributed by atoms with van der Waals surface area (Å²) in [7, 11) is 4.67. The first kappa shape index (κ1) is 53.6. The van der Waals surface area contributed by atoms with Gasteiger partial charge in [-0.25, -0.2) is 0 Å². The Kier molecular flexibility index (Phi) is 28.8. The molecule has 26 heteroatoms. The molecule has 0 aliphatic rings. The summed E-state index contributed by atoms with van der Waals surface area (Å²) in [6.45, 7) is -2.94. The van der Waals surface area contributed by atoms with Gasteiger partial charge in [-0.2, -0.15) is 0 Å². The molecule has 0 saturated heterocycles. The number of carbonyl (C=O) groups excluding carboxylic acids is 2. The summed E-state index contributed by atoms with van der Waals surface area (Å²) in [6.07, 6.45) is -0.178. The van der Waals surface area contributed by atoms with E-state index in [1.807, 2.05) is 0 Å². The number of carbonyl (C=O) groups is 10. The molecule has 0 spiro atoms. The molecule has 0 aromatic heterocycles. The van der Waals surface area contributed by atoms with Crippen molar-refractivity contribution in [2.75, 3.05) is 125 Å². The molecule has 26 nitrogen and oxygen atoms in total. The highest BCUT2D eigenvalue weighted by molar-refractivity contribution is 5.79. The quantitative estimate of drug-likeness (QED) is 0.0295. The SMILES string of the molecule is O=C(O)CN(CCN(CC(=O)O)CC(=O)O)CCN(CC(=O)O)CC(=O)O.[CH2]NC(=O)CN(CCN(CCN(CCC(=O)O)CC(=O)NC)CC(=O)O)CC(=O)O. The number of carboxylic acids is 8. The number of hydrogen-bond acceptors (Lipinski definition) is 16. The van der Waals surface area contributed by atoms with E-state index in [9.17, 15) is 47.9 Å². The van der Waals surface area contributed by atoms with Crippen LogP contribution in [0, 0.1) is 7.05 Å². The molecule has 0 aromatic carbocycles. The van der Waals surface area contributed by atoms with Crippen molar-refractivity contribution >= 4 is 59.6 Å². The van der Waals surface area contributed by atoms with Gasteiger partial charge in [0.15, 0.2) is 0 Å². The second-order valence-electron chi connectivity index (χ2n) is 12.1. The second-order valence-corrected chi connectivity index (χ2v) is 12.1. The van der Waals surface area contributed by atoms with E-state index in [4.69, 9.17) is 40.9 Å². The highest BCUT2D eigenvalue weighted by Crippen LogP contribution is 2.00. The van der Waals surface area contributed by atoms with Crippen molar-refractivity contribution in [3.05, 3.63) is 7.05 Å². The second kappa shape index (κ2) is 30.7. The Morgan fingerprint density at radius 2 is 0.579 bits per heavy atom. The van der Waals surface area contributed by atoms with Crippen LogP contribution in [0.25, 0.3) is 0 Å². The fraction of sp³-hybridized carbons (Fsp3) is 0.645. The average molecular weight is 826 g/mol. The molecule has 2 amide bonds. The average Bonchev–Trinajstić information content (AvgIpc) is 3.07. The fourth-order valence-corrected chi connectivity index (χ4v) is 4.72. The van der Waals surface area contributed by atoms with Crippen LogP contribution in [0.1, 0.15) is 6.42 Å². The van der Waals surface area contributed by atoms with Gasteiger partial charge in [0.2, 0.25) is 11.8 Å². The van der Waals surface area contributed by atoms with Crippen molar-refractivity contribution in [1.29, 1.82) is 0 Å². The van der Waals surface area contributed by atoms with Crippen LogP contribution < -0.4 is 10.6 Å². The summed E-state index contributed by atoms with van der Waals surface area (Å²) in [5.74, 6) is -10.2. The first-order valence-corrected chi connectivity index (χ1v) is 16.9. The fourth-order valence-electron chi connectivity index (χ4n) is 4.72. The van der Waals surface area contributed by atoms with Gasteiger partial charge in [0.1, 0.15) is 0 Å². The molecular weight excluding hydrogens is 772 g/mol. The molecule has 325 valence electrons. The molecule has 0 aliphatic carbocycles. The van der Waals surface area contributed by atoms with Crippen LogP contribution in [0.15, 0.2) is 0 Å². The van der Waals surface area contributed by atoms with Gasteiger partial charge in [0.05, 0.1) is 65.3 Å². The molecule has 0 aromatic rings. The van der Waals surface area contributed by atoms with Gasteiger partial charge in [-0.1, -0.05) is 0 Å². The predicted octanol–water partition coefficient (Wildman–Crippen LogP) is -5.49. The first-order valence-electron chi connectivity index (χ1n) is 16.9. The Bertz CT molecular complexity index is 1280. The van der Waals surface area contributed by atoms with E-state index in [1.54, 1.807) is 4.90 Å². The number of nitrogens with zero attached hydrogens (tertiary/aromatic N) is 6. The zero-order valence-electron chi connectivity index (χ0n) is 31.5. The molecule has 0 rings (SSSR count). The maximum Gasteiger partial charge on any atom is 0.317 e. The predicted molar refractivity (Wildman–Crippen MR) is 192 cm³/mol. The van der Waals surface area contributed by atoms with Gasteiger partial charge >= 0.3 is 47.8 Å². The van der Waals surface area contributed by atoms with E-state index in [0.29, 0.717) is 0 Å². The Hall–Kier alpha value is -5.54. The smallest absolute Gasteiger partial charge is 0.317 e. The van der Waals surface area contributed by atoms with Crippen LogP contribution in [0.2, 0.25) is 0 Å². The van der Waals surface area contributed by atoms with Crippen molar-refractivity contribution in [2.24, 2.45) is 0 Å². The van der Waals surface area contributed by atoms with Gasteiger partial charge in [0, 0.05) is 73.0 Å². The normalized spacial score (nSPS) is 11.0. The molecular formula is C31H53N8O18. The van der Waals surface area contributed by atoms with Crippen molar-refractivity contribution < 1.29 is 88.8 Å². The van der Waals surface area contributed by atoms with Gasteiger partial charge in [-0.3, -0.25) is 77.3 Å². The zero-order chi connectivity index (χ0) is 44.1. The van der Waals surface area contributed by atoms with E-state index in [1.165, 1.54) is 21.7 Å². The standard InChI is InChI=1S/C17H30N5O8.C14H23N3O10/c1-18-13(23)9-20(4-3-15(25)26)5-6-21(11-16(27)28)7-8-22(12-17(29)30)10-14(24)19-2;18-10(19)5-15(1-3-16(6-11(20)21)7-12(22)23)2-4-17(8-13(24)25)9-14(26)27/h2-12H2,1H3,(H,18,23)(H,19,24)(H,25,26)(H,27,28)(H,29,30);1-9H2,(H,18,19)(H,20,21)(H,22,23)(H,24,25)(H,26,27). The first-order chi connectivity index (χ1) is 26.6. The van der Waals surface area contributed by atoms with E-state index < -0.39 is 92.9 Å². The highest BCUT2D eigenvalue weighted by atomic mass is 16.4. The van der Waals surface area contributed by atoms with Crippen molar-refractivity contribution in [2.45, 2.75) is 6.42 Å². The Morgan fingerprint density at radius 3 is 0.825 bits per heavy atom. The lowest BCUT2D eigenvalue weighted by molar-refractivity contribution is -0.143. The number of amides is 2. The van der Waals surface area contributed by atoms with Crippen molar-refractivity contribution in [1.82, 2.24) is 40.0 Å². The number of aliphatic carboxylic acids is 8. The molecule has 0 aliphatic heterocycles.